The van der Waals surface area contributed by atoms with Gasteiger partial charge in [-0.1, -0.05) is 177 Å². The third-order valence-corrected chi connectivity index (χ3v) is 13.5. The standard InChI is InChI=1S/C59H102O15/c1-3-5-7-9-11-13-15-17-19-20-21-22-23-24-25-26-28-30-32-34-36-38-40-42-51(62)72-47(44-69-50(61)41-39-37-35-33-31-29-27-18-16-14-12-10-8-6-4-2)45-70-58-57(68)55(66)53(64)49(74-58)46-71-59-56(67)54(65)52(63)48(43-60)73-59/h5,7,11,13,17-19,21-22,27,47-49,52-60,63-68H,3-4,6,8-10,12,14-16,20,23-26,28-46H2,1-2H3/b7-5-,13-11-,19-17-,22-21-,27-18-. The Bertz CT molecular complexity index is 1520. The van der Waals surface area contributed by atoms with Crippen molar-refractivity contribution < 1.29 is 73.8 Å². The SMILES string of the molecule is CC/C=C\C/C=C\C/C=C\C/C=C\CCCCCCCCCCCCC(=O)OC(COC(=O)CCCCCCC/C=C\CCCCCCCC)COC1OC(COC2OC(CO)C(O)C(O)C2O)C(O)C(O)C1O. The van der Waals surface area contributed by atoms with Crippen molar-refractivity contribution in [2.24, 2.45) is 0 Å². The van der Waals surface area contributed by atoms with E-state index < -0.39 is 92.7 Å². The molecule has 0 aliphatic carbocycles. The summed E-state index contributed by atoms with van der Waals surface area (Å²) in [7, 11) is 0. The predicted octanol–water partition coefficient (Wildman–Crippen LogP) is 9.61. The Labute approximate surface area is 445 Å². The minimum Gasteiger partial charge on any atom is -0.462 e. The van der Waals surface area contributed by atoms with E-state index in [-0.39, 0.29) is 26.1 Å². The summed E-state index contributed by atoms with van der Waals surface area (Å²) in [5, 5.41) is 72.3. The molecule has 7 N–H and O–H groups in total. The number of hydrogen-bond donors (Lipinski definition) is 7. The van der Waals surface area contributed by atoms with Crippen molar-refractivity contribution in [3.8, 4) is 0 Å². The zero-order valence-corrected chi connectivity index (χ0v) is 45.6. The normalized spacial score (nSPS) is 25.1. The maximum absolute atomic E-state index is 13.1. The molecule has 11 atom stereocenters. The van der Waals surface area contributed by atoms with E-state index in [1.807, 2.05) is 0 Å². The van der Waals surface area contributed by atoms with Crippen LogP contribution in [0.1, 0.15) is 206 Å². The van der Waals surface area contributed by atoms with E-state index in [1.165, 1.54) is 70.6 Å². The highest BCUT2D eigenvalue weighted by Crippen LogP contribution is 2.27. The Kier molecular flexibility index (Phi) is 41.2. The van der Waals surface area contributed by atoms with Crippen LogP contribution < -0.4 is 0 Å². The molecule has 15 heteroatoms. The molecular weight excluding hydrogens is 949 g/mol. The lowest BCUT2D eigenvalue weighted by molar-refractivity contribution is -0.332. The number of carbonyl (C=O) groups excluding carboxylic acids is 2. The van der Waals surface area contributed by atoms with Crippen LogP contribution in [-0.2, 0) is 38.0 Å². The fourth-order valence-electron chi connectivity index (χ4n) is 8.79. The summed E-state index contributed by atoms with van der Waals surface area (Å²) < 4.78 is 33.7. The zero-order valence-electron chi connectivity index (χ0n) is 45.6. The van der Waals surface area contributed by atoms with Crippen LogP contribution in [0.2, 0.25) is 0 Å². The monoisotopic (exact) mass is 1050 g/mol. The second-order valence-corrected chi connectivity index (χ2v) is 20.1. The molecule has 0 spiro atoms. The first kappa shape index (κ1) is 67.3. The summed E-state index contributed by atoms with van der Waals surface area (Å²) in [5.74, 6) is -0.938. The molecule has 2 aliphatic heterocycles. The lowest BCUT2D eigenvalue weighted by Gasteiger charge is -2.42. The van der Waals surface area contributed by atoms with Gasteiger partial charge in [-0.2, -0.15) is 0 Å². The maximum Gasteiger partial charge on any atom is 0.306 e. The Morgan fingerprint density at radius 2 is 0.851 bits per heavy atom. The number of rotatable bonds is 45. The van der Waals surface area contributed by atoms with Gasteiger partial charge < -0.3 is 64.2 Å². The first-order chi connectivity index (χ1) is 36.0. The third-order valence-electron chi connectivity index (χ3n) is 13.5. The van der Waals surface area contributed by atoms with E-state index in [0.717, 1.165) is 96.3 Å². The average molecular weight is 1050 g/mol. The number of unbranched alkanes of at least 4 members (excludes halogenated alkanes) is 21. The van der Waals surface area contributed by atoms with Crippen molar-refractivity contribution >= 4 is 11.9 Å². The van der Waals surface area contributed by atoms with Crippen molar-refractivity contribution in [3.63, 3.8) is 0 Å². The second-order valence-electron chi connectivity index (χ2n) is 20.1. The van der Waals surface area contributed by atoms with Crippen molar-refractivity contribution in [2.45, 2.75) is 274 Å². The molecule has 2 fully saturated rings. The average Bonchev–Trinajstić information content (AvgIpc) is 3.39. The van der Waals surface area contributed by atoms with Gasteiger partial charge >= 0.3 is 11.9 Å². The van der Waals surface area contributed by atoms with Crippen LogP contribution >= 0.6 is 0 Å². The number of allylic oxidation sites excluding steroid dienone is 10. The van der Waals surface area contributed by atoms with Crippen LogP contribution in [0, 0.1) is 0 Å². The maximum atomic E-state index is 13.1. The second kappa shape index (κ2) is 45.2. The Morgan fingerprint density at radius 3 is 1.35 bits per heavy atom. The summed E-state index contributed by atoms with van der Waals surface area (Å²) in [6, 6.07) is 0. The zero-order chi connectivity index (χ0) is 53.9. The van der Waals surface area contributed by atoms with Crippen molar-refractivity contribution in [3.05, 3.63) is 60.8 Å². The molecule has 2 aliphatic rings. The number of esters is 2. The molecule has 0 aromatic heterocycles. The Hall–Kier alpha value is -2.80. The highest BCUT2D eigenvalue weighted by Gasteiger charge is 2.47. The van der Waals surface area contributed by atoms with Crippen molar-refractivity contribution in [1.29, 1.82) is 0 Å². The molecule has 2 heterocycles. The van der Waals surface area contributed by atoms with Gasteiger partial charge in [-0.15, -0.1) is 0 Å². The fraction of sp³-hybridized carbons (Fsp3) is 0.797. The van der Waals surface area contributed by atoms with Crippen LogP contribution in [0.3, 0.4) is 0 Å². The van der Waals surface area contributed by atoms with Gasteiger partial charge in [-0.25, -0.2) is 0 Å². The van der Waals surface area contributed by atoms with Crippen LogP contribution in [0.5, 0.6) is 0 Å². The van der Waals surface area contributed by atoms with Crippen molar-refractivity contribution in [2.75, 3.05) is 26.4 Å². The number of carbonyl (C=O) groups is 2. The molecule has 2 rings (SSSR count). The van der Waals surface area contributed by atoms with E-state index >= 15 is 0 Å². The quantitative estimate of drug-likeness (QED) is 0.0171. The van der Waals surface area contributed by atoms with Crippen molar-refractivity contribution in [1.82, 2.24) is 0 Å². The number of hydrogen-bond acceptors (Lipinski definition) is 15. The van der Waals surface area contributed by atoms with E-state index in [4.69, 9.17) is 28.4 Å². The molecule has 0 amide bonds. The number of aliphatic hydroxyl groups is 7. The lowest BCUT2D eigenvalue weighted by atomic mass is 9.98. The molecule has 0 bridgehead atoms. The number of aliphatic hydroxyl groups excluding tert-OH is 7. The highest BCUT2D eigenvalue weighted by atomic mass is 16.7. The molecule has 0 aromatic carbocycles. The lowest BCUT2D eigenvalue weighted by Crippen LogP contribution is -2.61. The van der Waals surface area contributed by atoms with Gasteiger partial charge in [-0.05, 0) is 77.0 Å². The van der Waals surface area contributed by atoms with Gasteiger partial charge in [0.05, 0.1) is 19.8 Å². The molecule has 74 heavy (non-hydrogen) atoms. The van der Waals surface area contributed by atoms with E-state index in [2.05, 4.69) is 74.6 Å². The number of ether oxygens (including phenoxy) is 6. The molecule has 428 valence electrons. The highest BCUT2D eigenvalue weighted by molar-refractivity contribution is 5.70. The van der Waals surface area contributed by atoms with Crippen LogP contribution in [0.25, 0.3) is 0 Å². The van der Waals surface area contributed by atoms with E-state index in [1.54, 1.807) is 0 Å². The van der Waals surface area contributed by atoms with Gasteiger partial charge in [-0.3, -0.25) is 9.59 Å². The topological polar surface area (TPSA) is 231 Å². The summed E-state index contributed by atoms with van der Waals surface area (Å²) in [5.41, 5.74) is 0. The molecule has 0 aromatic rings. The molecule has 15 nitrogen and oxygen atoms in total. The largest absolute Gasteiger partial charge is 0.462 e. The van der Waals surface area contributed by atoms with E-state index in [0.29, 0.717) is 12.8 Å². The predicted molar refractivity (Wildman–Crippen MR) is 289 cm³/mol. The molecule has 11 unspecified atom stereocenters. The van der Waals surface area contributed by atoms with Gasteiger partial charge in [0, 0.05) is 12.8 Å². The first-order valence-corrected chi connectivity index (χ1v) is 28.9. The van der Waals surface area contributed by atoms with Gasteiger partial charge in [0.15, 0.2) is 18.7 Å². The van der Waals surface area contributed by atoms with Gasteiger partial charge in [0.2, 0.25) is 0 Å². The third kappa shape index (κ3) is 32.1. The van der Waals surface area contributed by atoms with Crippen LogP contribution in [0.15, 0.2) is 60.8 Å². The molecule has 0 radical (unpaired) electrons. The smallest absolute Gasteiger partial charge is 0.306 e. The molecule has 0 saturated carbocycles. The van der Waals surface area contributed by atoms with Crippen LogP contribution in [-0.4, -0.2) is 142 Å². The van der Waals surface area contributed by atoms with E-state index in [9.17, 15) is 45.3 Å². The summed E-state index contributed by atoms with van der Waals surface area (Å²) in [6.45, 7) is 2.48. The molecule has 2 saturated heterocycles. The summed E-state index contributed by atoms with van der Waals surface area (Å²) in [6.07, 6.45) is 36.6. The summed E-state index contributed by atoms with van der Waals surface area (Å²) in [4.78, 5) is 25.9. The van der Waals surface area contributed by atoms with Gasteiger partial charge in [0.25, 0.3) is 0 Å². The summed E-state index contributed by atoms with van der Waals surface area (Å²) >= 11 is 0. The molecular formula is C59H102O15. The van der Waals surface area contributed by atoms with Crippen LogP contribution in [0.4, 0.5) is 0 Å². The Morgan fingerprint density at radius 1 is 0.446 bits per heavy atom. The first-order valence-electron chi connectivity index (χ1n) is 28.9. The minimum atomic E-state index is -1.77. The van der Waals surface area contributed by atoms with Gasteiger partial charge in [0.1, 0.15) is 55.4 Å². The Balaban J connectivity index is 1.75. The minimum absolute atomic E-state index is 0.156. The fourth-order valence-corrected chi connectivity index (χ4v) is 8.79.